The third-order valence-electron chi connectivity index (χ3n) is 2.61. The summed E-state index contributed by atoms with van der Waals surface area (Å²) in [6, 6.07) is 6.07. The van der Waals surface area contributed by atoms with Crippen LogP contribution in [0.25, 0.3) is 11.1 Å². The Morgan fingerprint density at radius 1 is 1.24 bits per heavy atom. The number of fused-ring (bicyclic) bond motifs is 1. The molecule has 92 valence electrons. The van der Waals surface area contributed by atoms with Crippen LogP contribution < -0.4 is 5.32 Å². The van der Waals surface area contributed by atoms with E-state index in [1.54, 1.807) is 0 Å². The highest BCUT2D eigenvalue weighted by Gasteiger charge is 2.09. The van der Waals surface area contributed by atoms with Crippen LogP contribution in [0.5, 0.6) is 0 Å². The lowest BCUT2D eigenvalue weighted by Gasteiger charge is -2.07. The van der Waals surface area contributed by atoms with Crippen molar-refractivity contribution in [3.8, 4) is 0 Å². The molecule has 3 nitrogen and oxygen atoms in total. The van der Waals surface area contributed by atoms with Gasteiger partial charge in [0.15, 0.2) is 11.5 Å². The number of rotatable bonds is 4. The molecule has 0 spiro atoms. The van der Waals surface area contributed by atoms with Gasteiger partial charge in [0.25, 0.3) is 0 Å². The molecule has 0 fully saturated rings. The maximum atomic E-state index is 5.67. The first-order valence-electron chi connectivity index (χ1n) is 6.20. The molecule has 0 saturated heterocycles. The molecule has 1 N–H and O–H groups in total. The standard InChI is InChI=1S/C14H20N2O/c1-9(2)8-15-11-5-6-13-12(7-11)16-14(17-13)10(3)4/h5-7,9-10,15H,8H2,1-4H3. The summed E-state index contributed by atoms with van der Waals surface area (Å²) in [7, 11) is 0. The Balaban J connectivity index is 2.24. The highest BCUT2D eigenvalue weighted by Crippen LogP contribution is 2.23. The fourth-order valence-electron chi connectivity index (χ4n) is 1.62. The second kappa shape index (κ2) is 4.78. The van der Waals surface area contributed by atoms with E-state index >= 15 is 0 Å². The normalized spacial score (nSPS) is 11.6. The highest BCUT2D eigenvalue weighted by molar-refractivity contribution is 5.77. The largest absolute Gasteiger partial charge is 0.440 e. The smallest absolute Gasteiger partial charge is 0.198 e. The van der Waals surface area contributed by atoms with Gasteiger partial charge in [-0.3, -0.25) is 0 Å². The molecule has 0 unspecified atom stereocenters. The van der Waals surface area contributed by atoms with Crippen molar-refractivity contribution in [1.82, 2.24) is 4.98 Å². The van der Waals surface area contributed by atoms with E-state index in [4.69, 9.17) is 4.42 Å². The minimum Gasteiger partial charge on any atom is -0.440 e. The van der Waals surface area contributed by atoms with Crippen LogP contribution in [-0.4, -0.2) is 11.5 Å². The summed E-state index contributed by atoms with van der Waals surface area (Å²) in [6.45, 7) is 9.53. The first-order chi connectivity index (χ1) is 8.06. The Kier molecular flexibility index (Phi) is 3.36. The number of anilines is 1. The van der Waals surface area contributed by atoms with Gasteiger partial charge in [0, 0.05) is 18.2 Å². The van der Waals surface area contributed by atoms with Crippen molar-refractivity contribution >= 4 is 16.8 Å². The van der Waals surface area contributed by atoms with Crippen molar-refractivity contribution < 1.29 is 4.42 Å². The number of hydrogen-bond acceptors (Lipinski definition) is 3. The third-order valence-corrected chi connectivity index (χ3v) is 2.61. The second-order valence-electron chi connectivity index (χ2n) is 5.16. The quantitative estimate of drug-likeness (QED) is 0.865. The molecule has 0 aliphatic carbocycles. The lowest BCUT2D eigenvalue weighted by molar-refractivity contribution is 0.501. The van der Waals surface area contributed by atoms with E-state index in [1.807, 2.05) is 18.2 Å². The zero-order valence-corrected chi connectivity index (χ0v) is 10.9. The number of nitrogens with zero attached hydrogens (tertiary/aromatic N) is 1. The van der Waals surface area contributed by atoms with E-state index in [9.17, 15) is 0 Å². The van der Waals surface area contributed by atoms with Crippen molar-refractivity contribution in [3.05, 3.63) is 24.1 Å². The summed E-state index contributed by atoms with van der Waals surface area (Å²) < 4.78 is 5.67. The van der Waals surface area contributed by atoms with E-state index < -0.39 is 0 Å². The highest BCUT2D eigenvalue weighted by atomic mass is 16.3. The predicted octanol–water partition coefficient (Wildman–Crippen LogP) is 4.02. The van der Waals surface area contributed by atoms with Crippen molar-refractivity contribution in [2.75, 3.05) is 11.9 Å². The SMILES string of the molecule is CC(C)CNc1ccc2oc(C(C)C)nc2c1. The zero-order chi connectivity index (χ0) is 12.4. The van der Waals surface area contributed by atoms with Crippen molar-refractivity contribution in [1.29, 1.82) is 0 Å². The van der Waals surface area contributed by atoms with E-state index in [-0.39, 0.29) is 0 Å². The van der Waals surface area contributed by atoms with E-state index in [2.05, 4.69) is 38.0 Å². The molecule has 0 saturated carbocycles. The molecular formula is C14H20N2O. The monoisotopic (exact) mass is 232 g/mol. The van der Waals surface area contributed by atoms with Gasteiger partial charge in [-0.15, -0.1) is 0 Å². The van der Waals surface area contributed by atoms with Gasteiger partial charge in [0.2, 0.25) is 0 Å². The average Bonchev–Trinajstić information content (AvgIpc) is 2.69. The Morgan fingerprint density at radius 3 is 2.65 bits per heavy atom. The van der Waals surface area contributed by atoms with Crippen LogP contribution in [-0.2, 0) is 0 Å². The van der Waals surface area contributed by atoms with Gasteiger partial charge < -0.3 is 9.73 Å². The molecule has 0 atom stereocenters. The number of aromatic nitrogens is 1. The lowest BCUT2D eigenvalue weighted by atomic mass is 10.2. The van der Waals surface area contributed by atoms with Crippen molar-refractivity contribution in [2.24, 2.45) is 5.92 Å². The van der Waals surface area contributed by atoms with Crippen LogP contribution in [0.3, 0.4) is 0 Å². The minimum absolute atomic E-state index is 0.328. The first-order valence-corrected chi connectivity index (χ1v) is 6.20. The van der Waals surface area contributed by atoms with Gasteiger partial charge in [-0.05, 0) is 24.1 Å². The van der Waals surface area contributed by atoms with Gasteiger partial charge in [-0.1, -0.05) is 27.7 Å². The fraction of sp³-hybridized carbons (Fsp3) is 0.500. The third kappa shape index (κ3) is 2.78. The van der Waals surface area contributed by atoms with Crippen LogP contribution >= 0.6 is 0 Å². The molecule has 0 aliphatic rings. The first kappa shape index (κ1) is 12.0. The van der Waals surface area contributed by atoms with Crippen LogP contribution in [0.2, 0.25) is 0 Å². The minimum atomic E-state index is 0.328. The van der Waals surface area contributed by atoms with Crippen LogP contribution in [0, 0.1) is 5.92 Å². The Morgan fingerprint density at radius 2 is 2.00 bits per heavy atom. The van der Waals surface area contributed by atoms with E-state index in [0.717, 1.165) is 29.2 Å². The summed E-state index contributed by atoms with van der Waals surface area (Å²) in [4.78, 5) is 4.49. The number of oxazole rings is 1. The lowest BCUT2D eigenvalue weighted by Crippen LogP contribution is -2.07. The zero-order valence-electron chi connectivity index (χ0n) is 10.9. The Bertz CT molecular complexity index is 500. The number of nitrogens with one attached hydrogen (secondary N) is 1. The van der Waals surface area contributed by atoms with Crippen molar-refractivity contribution in [3.63, 3.8) is 0 Å². The number of hydrogen-bond donors (Lipinski definition) is 1. The maximum Gasteiger partial charge on any atom is 0.198 e. The van der Waals surface area contributed by atoms with Crippen LogP contribution in [0.15, 0.2) is 22.6 Å². The Hall–Kier alpha value is -1.51. The van der Waals surface area contributed by atoms with Gasteiger partial charge in [0.05, 0.1) is 0 Å². The van der Waals surface area contributed by atoms with Gasteiger partial charge >= 0.3 is 0 Å². The summed E-state index contributed by atoms with van der Waals surface area (Å²) in [5, 5.41) is 3.39. The van der Waals surface area contributed by atoms with E-state index in [0.29, 0.717) is 11.8 Å². The molecule has 17 heavy (non-hydrogen) atoms. The molecule has 1 aromatic carbocycles. The van der Waals surface area contributed by atoms with Crippen LogP contribution in [0.4, 0.5) is 5.69 Å². The molecule has 0 bridgehead atoms. The second-order valence-corrected chi connectivity index (χ2v) is 5.16. The van der Waals surface area contributed by atoms with Crippen molar-refractivity contribution in [2.45, 2.75) is 33.6 Å². The molecule has 2 aromatic rings. The van der Waals surface area contributed by atoms with Gasteiger partial charge in [-0.2, -0.15) is 0 Å². The molecular weight excluding hydrogens is 212 g/mol. The molecule has 0 radical (unpaired) electrons. The molecule has 1 heterocycles. The predicted molar refractivity (Wildman–Crippen MR) is 71.4 cm³/mol. The maximum absolute atomic E-state index is 5.67. The molecule has 1 aromatic heterocycles. The Labute approximate surface area is 102 Å². The fourth-order valence-corrected chi connectivity index (χ4v) is 1.62. The number of benzene rings is 1. The molecule has 0 amide bonds. The van der Waals surface area contributed by atoms with Crippen LogP contribution in [0.1, 0.15) is 39.5 Å². The van der Waals surface area contributed by atoms with E-state index in [1.165, 1.54) is 0 Å². The topological polar surface area (TPSA) is 38.1 Å². The molecule has 0 aliphatic heterocycles. The van der Waals surface area contributed by atoms with Gasteiger partial charge in [0.1, 0.15) is 5.52 Å². The summed E-state index contributed by atoms with van der Waals surface area (Å²) in [5.74, 6) is 1.77. The summed E-state index contributed by atoms with van der Waals surface area (Å²) in [6.07, 6.45) is 0. The summed E-state index contributed by atoms with van der Waals surface area (Å²) in [5.41, 5.74) is 2.90. The molecule has 2 rings (SSSR count). The molecule has 3 heteroatoms. The average molecular weight is 232 g/mol. The summed E-state index contributed by atoms with van der Waals surface area (Å²) >= 11 is 0. The van der Waals surface area contributed by atoms with Gasteiger partial charge in [-0.25, -0.2) is 4.98 Å².